The quantitative estimate of drug-likeness (QED) is 0.259. The van der Waals surface area contributed by atoms with Crippen molar-refractivity contribution < 1.29 is 24.6 Å². The summed E-state index contributed by atoms with van der Waals surface area (Å²) in [5.74, 6) is -2.92. The van der Waals surface area contributed by atoms with Crippen LogP contribution >= 0.6 is 11.8 Å². The maximum atomic E-state index is 12.4. The van der Waals surface area contributed by atoms with Crippen LogP contribution in [0.15, 0.2) is 29.1 Å². The molecule has 0 saturated carbocycles. The third-order valence-electron chi connectivity index (χ3n) is 5.04. The lowest BCUT2D eigenvalue weighted by molar-refractivity contribution is -0.140. The highest BCUT2D eigenvalue weighted by molar-refractivity contribution is 7.98. The molecule has 8 N–H and O–H groups in total. The van der Waals surface area contributed by atoms with E-state index in [1.54, 1.807) is 36.0 Å². The molecule has 0 aliphatic heterocycles. The summed E-state index contributed by atoms with van der Waals surface area (Å²) in [4.78, 5) is 52.7. The second kappa shape index (κ2) is 11.9. The summed E-state index contributed by atoms with van der Waals surface area (Å²) in [6.07, 6.45) is 3.24. The Labute approximate surface area is 194 Å². The summed E-state index contributed by atoms with van der Waals surface area (Å²) in [6.45, 7) is 0. The first-order valence-corrected chi connectivity index (χ1v) is 11.4. The van der Waals surface area contributed by atoms with Crippen LogP contribution in [0.3, 0.4) is 0 Å². The van der Waals surface area contributed by atoms with E-state index in [4.69, 9.17) is 16.6 Å². The van der Waals surface area contributed by atoms with E-state index in [9.17, 15) is 24.3 Å². The summed E-state index contributed by atoms with van der Waals surface area (Å²) in [5, 5.41) is 20.4. The van der Waals surface area contributed by atoms with Gasteiger partial charge in [0.05, 0.1) is 5.56 Å². The van der Waals surface area contributed by atoms with Crippen molar-refractivity contribution in [2.24, 2.45) is 0 Å². The molecule has 0 fully saturated rings. The number of carboxylic acid groups (broad SMARTS) is 2. The van der Waals surface area contributed by atoms with E-state index in [0.717, 1.165) is 12.0 Å². The number of carbonyl (C=O) groups is 3. The zero-order valence-corrected chi connectivity index (χ0v) is 18.9. The van der Waals surface area contributed by atoms with Crippen molar-refractivity contribution >= 4 is 41.4 Å². The largest absolute Gasteiger partial charge is 0.481 e. The van der Waals surface area contributed by atoms with Gasteiger partial charge in [-0.25, -0.2) is 4.79 Å². The molecule has 1 heterocycles. The number of nitrogens with zero attached hydrogens (tertiary/aromatic N) is 1. The second-order valence-electron chi connectivity index (χ2n) is 7.35. The van der Waals surface area contributed by atoms with Gasteiger partial charge in [0.15, 0.2) is 0 Å². The number of aromatic amines is 1. The van der Waals surface area contributed by atoms with Crippen LogP contribution in [-0.2, 0) is 16.0 Å². The standard InChI is InChI=1S/C21H27N5O6S/c1-33-15(4-2-3-13-17(22)25-21(23)26-19(13)30)11-5-7-12(8-6-11)18(29)24-14(20(31)32)9-10-16(27)28/h5-8,14-15H,2-4,9-10H2,1H3,(H,24,29)(H,27,28)(H,31,32)(H5,22,23,25,26,30). The predicted molar refractivity (Wildman–Crippen MR) is 125 cm³/mol. The van der Waals surface area contributed by atoms with Gasteiger partial charge < -0.3 is 27.0 Å². The maximum absolute atomic E-state index is 12.4. The molecule has 2 rings (SSSR count). The second-order valence-corrected chi connectivity index (χ2v) is 8.39. The number of rotatable bonds is 12. The van der Waals surface area contributed by atoms with Crippen molar-refractivity contribution in [2.45, 2.75) is 43.4 Å². The molecular formula is C21H27N5O6S. The molecular weight excluding hydrogens is 450 g/mol. The molecule has 0 bridgehead atoms. The van der Waals surface area contributed by atoms with Crippen molar-refractivity contribution in [3.8, 4) is 0 Å². The number of carbonyl (C=O) groups excluding carboxylic acids is 1. The number of thioether (sulfide) groups is 1. The average molecular weight is 478 g/mol. The number of hydrogen-bond donors (Lipinski definition) is 6. The van der Waals surface area contributed by atoms with Gasteiger partial charge in [0, 0.05) is 17.2 Å². The molecule has 2 aromatic rings. The van der Waals surface area contributed by atoms with E-state index in [1.165, 1.54) is 0 Å². The summed E-state index contributed by atoms with van der Waals surface area (Å²) in [7, 11) is 0. The summed E-state index contributed by atoms with van der Waals surface area (Å²) >= 11 is 1.62. The predicted octanol–water partition coefficient (Wildman–Crippen LogP) is 1.41. The van der Waals surface area contributed by atoms with Crippen molar-refractivity contribution in [1.82, 2.24) is 15.3 Å². The highest BCUT2D eigenvalue weighted by atomic mass is 32.2. The van der Waals surface area contributed by atoms with Gasteiger partial charge in [-0.3, -0.25) is 19.4 Å². The number of benzene rings is 1. The number of aromatic nitrogens is 2. The van der Waals surface area contributed by atoms with Crippen molar-refractivity contribution in [3.63, 3.8) is 0 Å². The van der Waals surface area contributed by atoms with Crippen LogP contribution in [-0.4, -0.2) is 50.3 Å². The van der Waals surface area contributed by atoms with E-state index >= 15 is 0 Å². The van der Waals surface area contributed by atoms with Gasteiger partial charge in [-0.05, 0) is 49.6 Å². The third kappa shape index (κ3) is 7.52. The van der Waals surface area contributed by atoms with Crippen LogP contribution in [0.2, 0.25) is 0 Å². The molecule has 1 aromatic heterocycles. The highest BCUT2D eigenvalue weighted by Gasteiger charge is 2.22. The number of nitrogen functional groups attached to an aromatic ring is 2. The van der Waals surface area contributed by atoms with Crippen molar-refractivity contribution in [2.75, 3.05) is 17.7 Å². The van der Waals surface area contributed by atoms with Crippen molar-refractivity contribution in [3.05, 3.63) is 51.3 Å². The molecule has 178 valence electrons. The number of carboxylic acids is 2. The van der Waals surface area contributed by atoms with E-state index in [0.29, 0.717) is 18.4 Å². The van der Waals surface area contributed by atoms with Crippen LogP contribution in [0.4, 0.5) is 11.8 Å². The van der Waals surface area contributed by atoms with Crippen LogP contribution < -0.4 is 22.3 Å². The highest BCUT2D eigenvalue weighted by Crippen LogP contribution is 2.32. The molecule has 0 radical (unpaired) electrons. The fourth-order valence-electron chi connectivity index (χ4n) is 3.28. The van der Waals surface area contributed by atoms with Crippen molar-refractivity contribution in [1.29, 1.82) is 0 Å². The molecule has 33 heavy (non-hydrogen) atoms. The van der Waals surface area contributed by atoms with Gasteiger partial charge >= 0.3 is 11.9 Å². The zero-order valence-electron chi connectivity index (χ0n) is 18.0. The molecule has 12 heteroatoms. The lowest BCUT2D eigenvalue weighted by Gasteiger charge is -2.16. The lowest BCUT2D eigenvalue weighted by atomic mass is 10.0. The minimum atomic E-state index is -1.29. The minimum absolute atomic E-state index is 0.0241. The number of nitrogens with two attached hydrogens (primary N) is 2. The molecule has 0 spiro atoms. The summed E-state index contributed by atoms with van der Waals surface area (Å²) in [5.41, 5.74) is 12.6. The summed E-state index contributed by atoms with van der Waals surface area (Å²) in [6, 6.07) is 5.47. The lowest BCUT2D eigenvalue weighted by Crippen LogP contribution is -2.41. The Balaban J connectivity index is 1.99. The first-order chi connectivity index (χ1) is 15.6. The fourth-order valence-corrected chi connectivity index (χ4v) is 4.11. The van der Waals surface area contributed by atoms with Gasteiger partial charge in [-0.1, -0.05) is 12.1 Å². The van der Waals surface area contributed by atoms with Gasteiger partial charge in [-0.15, -0.1) is 0 Å². The van der Waals surface area contributed by atoms with Crippen LogP contribution in [0.1, 0.15) is 52.4 Å². The first-order valence-electron chi connectivity index (χ1n) is 10.1. The Morgan fingerprint density at radius 2 is 1.82 bits per heavy atom. The average Bonchev–Trinajstić information content (AvgIpc) is 2.75. The molecule has 2 unspecified atom stereocenters. The van der Waals surface area contributed by atoms with Gasteiger partial charge in [0.2, 0.25) is 5.95 Å². The monoisotopic (exact) mass is 477 g/mol. The number of H-pyrrole nitrogens is 1. The Morgan fingerprint density at radius 3 is 2.36 bits per heavy atom. The Bertz CT molecular complexity index is 1060. The molecule has 0 aliphatic carbocycles. The fraction of sp³-hybridized carbons (Fsp3) is 0.381. The Morgan fingerprint density at radius 1 is 1.15 bits per heavy atom. The molecule has 2 atom stereocenters. The Kier molecular flexibility index (Phi) is 9.28. The molecule has 0 saturated heterocycles. The number of amides is 1. The number of aliphatic carboxylic acids is 2. The van der Waals surface area contributed by atoms with Gasteiger partial charge in [-0.2, -0.15) is 16.7 Å². The molecule has 1 amide bonds. The smallest absolute Gasteiger partial charge is 0.326 e. The Hall–Kier alpha value is -3.54. The normalized spacial score (nSPS) is 12.6. The van der Waals surface area contributed by atoms with E-state index in [2.05, 4.69) is 15.3 Å². The van der Waals surface area contributed by atoms with E-state index < -0.39 is 23.9 Å². The maximum Gasteiger partial charge on any atom is 0.326 e. The molecule has 0 aliphatic rings. The van der Waals surface area contributed by atoms with Crippen LogP contribution in [0.25, 0.3) is 0 Å². The van der Waals surface area contributed by atoms with Gasteiger partial charge in [0.25, 0.3) is 11.5 Å². The van der Waals surface area contributed by atoms with E-state index in [1.807, 2.05) is 6.26 Å². The van der Waals surface area contributed by atoms with Gasteiger partial charge in [0.1, 0.15) is 11.9 Å². The van der Waals surface area contributed by atoms with E-state index in [-0.39, 0.29) is 41.0 Å². The molecule has 1 aromatic carbocycles. The zero-order chi connectivity index (χ0) is 24.5. The summed E-state index contributed by atoms with van der Waals surface area (Å²) < 4.78 is 0. The first kappa shape index (κ1) is 25.7. The number of anilines is 2. The van der Waals surface area contributed by atoms with Crippen LogP contribution in [0, 0.1) is 0 Å². The number of nitrogens with one attached hydrogen (secondary N) is 2. The topological polar surface area (TPSA) is 201 Å². The SMILES string of the molecule is CSC(CCCc1c(N)nc(N)[nH]c1=O)c1ccc(C(=O)NC(CCC(=O)O)C(=O)O)cc1. The molecule has 11 nitrogen and oxygen atoms in total. The minimum Gasteiger partial charge on any atom is -0.481 e. The van der Waals surface area contributed by atoms with Crippen LogP contribution in [0.5, 0.6) is 0 Å². The third-order valence-corrected chi connectivity index (χ3v) is 6.12. The number of hydrogen-bond acceptors (Lipinski definition) is 8.